The predicted octanol–water partition coefficient (Wildman–Crippen LogP) is 9.23. The molecule has 0 N–H and O–H groups in total. The molecule has 182 valence electrons. The summed E-state index contributed by atoms with van der Waals surface area (Å²) in [4.78, 5) is 0. The van der Waals surface area contributed by atoms with Crippen LogP contribution in [0.4, 0.5) is 0 Å². The highest BCUT2D eigenvalue weighted by Gasteiger charge is 2.71. The molecule has 5 heteroatoms. The van der Waals surface area contributed by atoms with Gasteiger partial charge in [0.1, 0.15) is 11.5 Å². The van der Waals surface area contributed by atoms with Crippen molar-refractivity contribution in [3.8, 4) is 22.6 Å². The van der Waals surface area contributed by atoms with Gasteiger partial charge in [0.2, 0.25) is 0 Å². The van der Waals surface area contributed by atoms with Gasteiger partial charge in [-0.15, -0.1) is 0 Å². The molecule has 2 aromatic carbocycles. The van der Waals surface area contributed by atoms with Crippen LogP contribution in [-0.2, 0) is 4.12 Å². The minimum atomic E-state index is -3.01. The third-order valence-electron chi connectivity index (χ3n) is 6.81. The standard InChI is InChI=1S/C28H44O3Si2/c1-25(2,3)32(26(4,5)6)29-23-19-15-13-17-21(23)22-18-14-16-20-24(22)30-33(31-32,27(7,8)9)28(10,11)12/h13-20H,1-12H3. The van der Waals surface area contributed by atoms with E-state index in [0.29, 0.717) is 0 Å². The lowest BCUT2D eigenvalue weighted by Crippen LogP contribution is -2.71. The van der Waals surface area contributed by atoms with E-state index in [2.05, 4.69) is 132 Å². The smallest absolute Gasteiger partial charge is 0.402 e. The van der Waals surface area contributed by atoms with Crippen LogP contribution < -0.4 is 8.85 Å². The Balaban J connectivity index is 2.52. The van der Waals surface area contributed by atoms with Crippen LogP contribution in [0.3, 0.4) is 0 Å². The molecule has 33 heavy (non-hydrogen) atoms. The second-order valence-corrected chi connectivity index (χ2v) is 23.2. The lowest BCUT2D eigenvalue weighted by molar-refractivity contribution is 0.217. The van der Waals surface area contributed by atoms with Crippen molar-refractivity contribution in [3.63, 3.8) is 0 Å². The van der Waals surface area contributed by atoms with Gasteiger partial charge in [0.15, 0.2) is 0 Å². The van der Waals surface area contributed by atoms with Crippen molar-refractivity contribution in [3.05, 3.63) is 48.5 Å². The Morgan fingerprint density at radius 3 is 1.00 bits per heavy atom. The molecule has 0 saturated carbocycles. The average Bonchev–Trinajstić information content (AvgIpc) is 2.70. The molecule has 0 atom stereocenters. The molecule has 0 bridgehead atoms. The van der Waals surface area contributed by atoms with Crippen LogP contribution in [-0.4, -0.2) is 17.1 Å². The zero-order valence-electron chi connectivity index (χ0n) is 22.8. The molecule has 1 heterocycles. The molecule has 2 aromatic rings. The van der Waals surface area contributed by atoms with E-state index in [-0.39, 0.29) is 20.2 Å². The average molecular weight is 485 g/mol. The molecule has 3 rings (SSSR count). The van der Waals surface area contributed by atoms with Crippen molar-refractivity contribution in [2.45, 2.75) is 103 Å². The van der Waals surface area contributed by atoms with Crippen LogP contribution in [0.5, 0.6) is 11.5 Å². The lowest BCUT2D eigenvalue weighted by atomic mass is 10.0. The minimum absolute atomic E-state index is 0.201. The van der Waals surface area contributed by atoms with Crippen molar-refractivity contribution >= 4 is 17.1 Å². The molecule has 0 saturated heterocycles. The van der Waals surface area contributed by atoms with Gasteiger partial charge in [0.25, 0.3) is 0 Å². The Morgan fingerprint density at radius 1 is 0.455 bits per heavy atom. The summed E-state index contributed by atoms with van der Waals surface area (Å²) in [5, 5.41) is -0.806. The van der Waals surface area contributed by atoms with Crippen LogP contribution in [0.15, 0.2) is 48.5 Å². The molecule has 0 unspecified atom stereocenters. The van der Waals surface area contributed by atoms with Crippen LogP contribution in [0.25, 0.3) is 11.1 Å². The Bertz CT molecular complexity index is 892. The van der Waals surface area contributed by atoms with Gasteiger partial charge in [0.05, 0.1) is 0 Å². The first-order chi connectivity index (χ1) is 14.9. The van der Waals surface area contributed by atoms with E-state index >= 15 is 0 Å². The van der Waals surface area contributed by atoms with Gasteiger partial charge in [-0.05, 0) is 12.1 Å². The van der Waals surface area contributed by atoms with Gasteiger partial charge in [-0.1, -0.05) is 119 Å². The van der Waals surface area contributed by atoms with Gasteiger partial charge in [-0.3, -0.25) is 0 Å². The summed E-state index contributed by atoms with van der Waals surface area (Å²) in [5.41, 5.74) is 2.13. The van der Waals surface area contributed by atoms with E-state index in [1.807, 2.05) is 0 Å². The highest BCUT2D eigenvalue weighted by Crippen LogP contribution is 2.61. The molecule has 0 amide bonds. The van der Waals surface area contributed by atoms with Crippen molar-refractivity contribution in [2.75, 3.05) is 0 Å². The Kier molecular flexibility index (Phi) is 6.31. The second-order valence-electron chi connectivity index (χ2n) is 13.5. The fraction of sp³-hybridized carbons (Fsp3) is 0.571. The van der Waals surface area contributed by atoms with Crippen LogP contribution in [0.2, 0.25) is 20.2 Å². The zero-order valence-corrected chi connectivity index (χ0v) is 24.8. The van der Waals surface area contributed by atoms with E-state index in [1.54, 1.807) is 0 Å². The molecule has 0 aromatic heterocycles. The number of para-hydroxylation sites is 2. The number of rotatable bonds is 0. The molecule has 0 fully saturated rings. The van der Waals surface area contributed by atoms with Crippen LogP contribution in [0, 0.1) is 0 Å². The van der Waals surface area contributed by atoms with Gasteiger partial charge < -0.3 is 13.0 Å². The summed E-state index contributed by atoms with van der Waals surface area (Å²) >= 11 is 0. The van der Waals surface area contributed by atoms with Gasteiger partial charge in [0, 0.05) is 31.3 Å². The Hall–Kier alpha value is -1.57. The molecular weight excluding hydrogens is 440 g/mol. The second kappa shape index (κ2) is 7.99. The fourth-order valence-electron chi connectivity index (χ4n) is 5.58. The summed E-state index contributed by atoms with van der Waals surface area (Å²) in [6.07, 6.45) is 0. The summed E-state index contributed by atoms with van der Waals surface area (Å²) in [6, 6.07) is 16.7. The van der Waals surface area contributed by atoms with Crippen LogP contribution >= 0.6 is 0 Å². The molecule has 0 spiro atoms. The molecule has 1 aliphatic heterocycles. The van der Waals surface area contributed by atoms with E-state index in [9.17, 15) is 0 Å². The Labute approximate surface area is 204 Å². The molecule has 1 aliphatic rings. The van der Waals surface area contributed by atoms with Crippen molar-refractivity contribution < 1.29 is 13.0 Å². The zero-order chi connectivity index (χ0) is 25.1. The largest absolute Gasteiger partial charge is 0.519 e. The summed E-state index contributed by atoms with van der Waals surface area (Å²) in [6.45, 7) is 27.4. The van der Waals surface area contributed by atoms with Gasteiger partial charge in [-0.2, -0.15) is 0 Å². The fourth-order valence-corrected chi connectivity index (χ4v) is 19.1. The molecule has 3 nitrogen and oxygen atoms in total. The number of fused-ring (bicyclic) bond motifs is 3. The molecule has 0 aliphatic carbocycles. The van der Waals surface area contributed by atoms with Gasteiger partial charge >= 0.3 is 17.1 Å². The SMILES string of the molecule is CC(C)(C)[Si]1(C(C)(C)C)Oc2ccccc2-c2ccccc2O[Si](C(C)(C)C)(C(C)(C)C)O1. The highest BCUT2D eigenvalue weighted by molar-refractivity contribution is 6.87. The van der Waals surface area contributed by atoms with Crippen LogP contribution in [0.1, 0.15) is 83.1 Å². The predicted molar refractivity (Wildman–Crippen MR) is 145 cm³/mol. The van der Waals surface area contributed by atoms with E-state index in [1.165, 1.54) is 0 Å². The summed E-state index contributed by atoms with van der Waals surface area (Å²) in [7, 11) is -6.02. The Morgan fingerprint density at radius 2 is 0.727 bits per heavy atom. The molecular formula is C28H44O3Si2. The van der Waals surface area contributed by atoms with Crippen molar-refractivity contribution in [1.29, 1.82) is 0 Å². The topological polar surface area (TPSA) is 27.7 Å². The number of hydrogen-bond acceptors (Lipinski definition) is 3. The monoisotopic (exact) mass is 484 g/mol. The summed E-state index contributed by atoms with van der Waals surface area (Å²) in [5.74, 6) is 1.77. The first-order valence-corrected chi connectivity index (χ1v) is 15.8. The van der Waals surface area contributed by atoms with E-state index in [0.717, 1.165) is 22.6 Å². The number of hydrogen-bond donors (Lipinski definition) is 0. The third-order valence-corrected chi connectivity index (χ3v) is 18.0. The first kappa shape index (κ1) is 26.0. The third kappa shape index (κ3) is 4.21. The van der Waals surface area contributed by atoms with Gasteiger partial charge in [-0.25, -0.2) is 0 Å². The normalized spacial score (nSPS) is 18.5. The number of benzene rings is 2. The van der Waals surface area contributed by atoms with E-state index < -0.39 is 17.1 Å². The lowest BCUT2D eigenvalue weighted by Gasteiger charge is -2.57. The molecule has 0 radical (unpaired) electrons. The maximum atomic E-state index is 7.75. The van der Waals surface area contributed by atoms with Crippen molar-refractivity contribution in [1.82, 2.24) is 0 Å². The quantitative estimate of drug-likeness (QED) is 0.349. The summed E-state index contributed by atoms with van der Waals surface area (Å²) < 4.78 is 22.4. The maximum absolute atomic E-state index is 7.75. The minimum Gasteiger partial charge on any atom is -0.519 e. The van der Waals surface area contributed by atoms with E-state index in [4.69, 9.17) is 13.0 Å². The first-order valence-electron chi connectivity index (χ1n) is 12.1. The van der Waals surface area contributed by atoms with Crippen molar-refractivity contribution in [2.24, 2.45) is 0 Å². The highest BCUT2D eigenvalue weighted by atomic mass is 28.5. The maximum Gasteiger partial charge on any atom is 0.402 e.